The second kappa shape index (κ2) is 11.7. The van der Waals surface area contributed by atoms with Gasteiger partial charge in [-0.2, -0.15) is 0 Å². The molecular weight excluding hydrogens is 452 g/mol. The predicted molar refractivity (Wildman–Crippen MR) is 129 cm³/mol. The van der Waals surface area contributed by atoms with Crippen molar-refractivity contribution in [1.82, 2.24) is 10.4 Å². The molecule has 2 fully saturated rings. The fourth-order valence-corrected chi connectivity index (χ4v) is 5.73. The van der Waals surface area contributed by atoms with Crippen molar-refractivity contribution >= 4 is 16.7 Å². The maximum Gasteiger partial charge on any atom is 0.250 e. The second-order valence-corrected chi connectivity index (χ2v) is 10.1. The third-order valence-corrected chi connectivity index (χ3v) is 7.99. The Balaban J connectivity index is 1.36. The van der Waals surface area contributed by atoms with Gasteiger partial charge in [-0.3, -0.25) is 19.1 Å². The molecule has 8 heteroatoms. The van der Waals surface area contributed by atoms with Crippen molar-refractivity contribution in [3.8, 4) is 11.8 Å². The van der Waals surface area contributed by atoms with E-state index in [4.69, 9.17) is 14.7 Å². The first-order valence-electron chi connectivity index (χ1n) is 11.5. The number of amides is 1. The summed E-state index contributed by atoms with van der Waals surface area (Å²) in [6.45, 7) is 5.26. The van der Waals surface area contributed by atoms with E-state index in [1.54, 1.807) is 17.6 Å². The van der Waals surface area contributed by atoms with Crippen LogP contribution in [0.4, 0.5) is 0 Å². The molecule has 2 saturated heterocycles. The SMILES string of the molecule is O=C(NO)C1(CS(=O)c2ccc(C#Cc3ccc(CN4CCOCC4)cc3)cc2)CCOCC1. The minimum atomic E-state index is -1.38. The van der Waals surface area contributed by atoms with Gasteiger partial charge in [-0.1, -0.05) is 24.0 Å². The fraction of sp³-hybridized carbons (Fsp3) is 0.423. The van der Waals surface area contributed by atoms with Gasteiger partial charge in [0.15, 0.2) is 0 Å². The van der Waals surface area contributed by atoms with Crippen molar-refractivity contribution in [3.63, 3.8) is 0 Å². The van der Waals surface area contributed by atoms with Crippen molar-refractivity contribution in [2.24, 2.45) is 5.41 Å². The smallest absolute Gasteiger partial charge is 0.250 e. The molecule has 2 aliphatic rings. The van der Waals surface area contributed by atoms with Crippen molar-refractivity contribution in [3.05, 3.63) is 65.2 Å². The Morgan fingerprint density at radius 3 is 2.09 bits per heavy atom. The molecule has 4 rings (SSSR count). The van der Waals surface area contributed by atoms with E-state index >= 15 is 0 Å². The molecule has 7 nitrogen and oxygen atoms in total. The number of hydrogen-bond acceptors (Lipinski definition) is 6. The average molecular weight is 483 g/mol. The summed E-state index contributed by atoms with van der Waals surface area (Å²) in [7, 11) is -1.38. The van der Waals surface area contributed by atoms with E-state index in [-0.39, 0.29) is 5.75 Å². The quantitative estimate of drug-likeness (QED) is 0.373. The lowest BCUT2D eigenvalue weighted by Gasteiger charge is -2.34. The van der Waals surface area contributed by atoms with Crippen LogP contribution in [0.3, 0.4) is 0 Å². The van der Waals surface area contributed by atoms with Gasteiger partial charge in [-0.15, -0.1) is 0 Å². The first kappa shape index (κ1) is 24.6. The molecule has 180 valence electrons. The number of carbonyl (C=O) groups is 1. The van der Waals surface area contributed by atoms with Crippen molar-refractivity contribution in [2.75, 3.05) is 45.3 Å². The summed E-state index contributed by atoms with van der Waals surface area (Å²) in [6, 6.07) is 15.6. The van der Waals surface area contributed by atoms with Crippen molar-refractivity contribution < 1.29 is 23.7 Å². The number of nitrogens with one attached hydrogen (secondary N) is 1. The van der Waals surface area contributed by atoms with Gasteiger partial charge in [-0.05, 0) is 54.8 Å². The van der Waals surface area contributed by atoms with Gasteiger partial charge in [0.25, 0.3) is 5.91 Å². The Kier molecular flexibility index (Phi) is 8.48. The summed E-state index contributed by atoms with van der Waals surface area (Å²) in [6.07, 6.45) is 0.861. The topological polar surface area (TPSA) is 88.1 Å². The monoisotopic (exact) mass is 482 g/mol. The minimum absolute atomic E-state index is 0.143. The van der Waals surface area contributed by atoms with Crippen LogP contribution in [0, 0.1) is 17.3 Å². The molecule has 2 heterocycles. The Hall–Kier alpha value is -2.54. The molecule has 2 N–H and O–H groups in total. The number of carbonyl (C=O) groups excluding carboxylic acids is 1. The van der Waals surface area contributed by atoms with E-state index in [1.807, 2.05) is 24.3 Å². The van der Waals surface area contributed by atoms with Crippen LogP contribution in [-0.4, -0.2) is 65.5 Å². The molecule has 1 unspecified atom stereocenters. The van der Waals surface area contributed by atoms with E-state index < -0.39 is 22.1 Å². The van der Waals surface area contributed by atoms with E-state index in [9.17, 15) is 9.00 Å². The van der Waals surface area contributed by atoms with Crippen LogP contribution in [0.15, 0.2) is 53.4 Å². The molecule has 0 aliphatic carbocycles. The summed E-state index contributed by atoms with van der Waals surface area (Å²) in [5.41, 5.74) is 3.88. The summed E-state index contributed by atoms with van der Waals surface area (Å²) in [4.78, 5) is 15.3. The summed E-state index contributed by atoms with van der Waals surface area (Å²) < 4.78 is 23.7. The Labute approximate surface area is 202 Å². The van der Waals surface area contributed by atoms with Crippen LogP contribution in [0.5, 0.6) is 0 Å². The van der Waals surface area contributed by atoms with Crippen LogP contribution < -0.4 is 5.48 Å². The standard InChI is InChI=1S/C26H30N2O5S/c29-25(27-30)26(11-15-32-16-12-26)20-34(31)24-9-7-22(8-10-24)2-1-21-3-5-23(6-4-21)19-28-13-17-33-18-14-28/h3-10,30H,11-20H2,(H,27,29). The predicted octanol–water partition coefficient (Wildman–Crippen LogP) is 2.33. The Morgan fingerprint density at radius 2 is 1.50 bits per heavy atom. The number of ether oxygens (including phenoxy) is 2. The van der Waals surface area contributed by atoms with Gasteiger partial charge >= 0.3 is 0 Å². The number of hydrogen-bond donors (Lipinski definition) is 2. The Bertz CT molecular complexity index is 1050. The van der Waals surface area contributed by atoms with Gasteiger partial charge in [0, 0.05) is 54.6 Å². The van der Waals surface area contributed by atoms with Crippen LogP contribution in [-0.2, 0) is 31.6 Å². The largest absolute Gasteiger partial charge is 0.381 e. The number of nitrogens with zero attached hydrogens (tertiary/aromatic N) is 1. The zero-order valence-corrected chi connectivity index (χ0v) is 19.9. The molecule has 34 heavy (non-hydrogen) atoms. The average Bonchev–Trinajstić information content (AvgIpc) is 2.89. The number of morpholine rings is 1. The molecule has 1 atom stereocenters. The summed E-state index contributed by atoms with van der Waals surface area (Å²) in [5, 5.41) is 9.15. The van der Waals surface area contributed by atoms with Gasteiger partial charge < -0.3 is 9.47 Å². The number of hydroxylamine groups is 1. The molecule has 2 aromatic carbocycles. The highest BCUT2D eigenvalue weighted by Crippen LogP contribution is 2.33. The lowest BCUT2D eigenvalue weighted by molar-refractivity contribution is -0.143. The highest BCUT2D eigenvalue weighted by Gasteiger charge is 2.41. The first-order chi connectivity index (χ1) is 16.6. The molecule has 0 bridgehead atoms. The van der Waals surface area contributed by atoms with Crippen LogP contribution in [0.2, 0.25) is 0 Å². The third-order valence-electron chi connectivity index (χ3n) is 6.37. The van der Waals surface area contributed by atoms with Crippen LogP contribution in [0.1, 0.15) is 29.5 Å². The zero-order valence-electron chi connectivity index (χ0n) is 19.1. The summed E-state index contributed by atoms with van der Waals surface area (Å²) >= 11 is 0. The molecule has 0 spiro atoms. The van der Waals surface area contributed by atoms with Gasteiger partial charge in [0.05, 0.1) is 29.4 Å². The first-order valence-corrected chi connectivity index (χ1v) is 12.8. The molecule has 2 aliphatic heterocycles. The number of benzene rings is 2. The van der Waals surface area contributed by atoms with E-state index in [0.29, 0.717) is 31.0 Å². The minimum Gasteiger partial charge on any atom is -0.381 e. The van der Waals surface area contributed by atoms with Gasteiger partial charge in [-0.25, -0.2) is 5.48 Å². The van der Waals surface area contributed by atoms with Crippen molar-refractivity contribution in [1.29, 1.82) is 0 Å². The lowest BCUT2D eigenvalue weighted by Crippen LogP contribution is -2.47. The summed E-state index contributed by atoms with van der Waals surface area (Å²) in [5.74, 6) is 5.98. The molecular formula is C26H30N2O5S. The van der Waals surface area contributed by atoms with E-state index in [0.717, 1.165) is 44.0 Å². The van der Waals surface area contributed by atoms with Gasteiger partial charge in [0.2, 0.25) is 0 Å². The van der Waals surface area contributed by atoms with E-state index in [1.165, 1.54) is 5.56 Å². The van der Waals surface area contributed by atoms with Crippen LogP contribution >= 0.6 is 0 Å². The highest BCUT2D eigenvalue weighted by molar-refractivity contribution is 7.85. The third kappa shape index (κ3) is 6.32. The fourth-order valence-electron chi connectivity index (χ4n) is 4.20. The van der Waals surface area contributed by atoms with E-state index in [2.05, 4.69) is 28.9 Å². The molecule has 0 aromatic heterocycles. The van der Waals surface area contributed by atoms with Gasteiger partial charge in [0.1, 0.15) is 0 Å². The normalized spacial score (nSPS) is 19.0. The lowest BCUT2D eigenvalue weighted by atomic mass is 9.81. The molecule has 2 aromatic rings. The Morgan fingerprint density at radius 1 is 0.941 bits per heavy atom. The zero-order chi connectivity index (χ0) is 23.8. The highest BCUT2D eigenvalue weighted by atomic mass is 32.2. The molecule has 1 amide bonds. The molecule has 0 radical (unpaired) electrons. The maximum absolute atomic E-state index is 13.0. The maximum atomic E-state index is 13.0. The molecule has 0 saturated carbocycles. The number of rotatable bonds is 6. The second-order valence-electron chi connectivity index (χ2n) is 8.68. The van der Waals surface area contributed by atoms with Crippen molar-refractivity contribution in [2.45, 2.75) is 24.3 Å². The van der Waals surface area contributed by atoms with Crippen LogP contribution in [0.25, 0.3) is 0 Å².